The maximum Gasteiger partial charge on any atom is 0.274 e. The molecule has 2 rings (SSSR count). The molecule has 5 heteroatoms. The third-order valence-corrected chi connectivity index (χ3v) is 2.23. The Morgan fingerprint density at radius 3 is 2.89 bits per heavy atom. The van der Waals surface area contributed by atoms with E-state index in [1.807, 2.05) is 6.07 Å². The van der Waals surface area contributed by atoms with E-state index in [4.69, 9.17) is 8.83 Å². The number of hydrogen-bond donors (Lipinski definition) is 1. The Hall–Kier alpha value is -2.56. The molecular weight excluding hydrogens is 232 g/mol. The van der Waals surface area contributed by atoms with Gasteiger partial charge >= 0.3 is 0 Å². The monoisotopic (exact) mass is 244 g/mol. The first kappa shape index (κ1) is 11.9. The normalized spacial score (nSPS) is 11.4. The van der Waals surface area contributed by atoms with E-state index < -0.39 is 0 Å². The Kier molecular flexibility index (Phi) is 3.76. The molecule has 2 aromatic heterocycles. The lowest BCUT2D eigenvalue weighted by molar-refractivity contribution is 0.0953. The van der Waals surface area contributed by atoms with Crippen molar-refractivity contribution in [2.24, 2.45) is 5.10 Å². The van der Waals surface area contributed by atoms with Crippen molar-refractivity contribution >= 4 is 18.2 Å². The second-order valence-electron chi connectivity index (χ2n) is 3.48. The molecule has 0 aliphatic rings. The summed E-state index contributed by atoms with van der Waals surface area (Å²) in [6, 6.07) is 5.21. The lowest BCUT2D eigenvalue weighted by atomic mass is 10.2. The lowest BCUT2D eigenvalue weighted by Crippen LogP contribution is -2.17. The smallest absolute Gasteiger partial charge is 0.274 e. The van der Waals surface area contributed by atoms with Gasteiger partial charge in [0.2, 0.25) is 0 Å². The number of furan rings is 2. The van der Waals surface area contributed by atoms with Gasteiger partial charge in [0.15, 0.2) is 0 Å². The quantitative estimate of drug-likeness (QED) is 0.664. The zero-order valence-corrected chi connectivity index (χ0v) is 9.79. The van der Waals surface area contributed by atoms with Crippen LogP contribution in [0.4, 0.5) is 0 Å². The minimum absolute atomic E-state index is 0.302. The zero-order chi connectivity index (χ0) is 12.8. The number of hydrazone groups is 1. The maximum absolute atomic E-state index is 11.6. The summed E-state index contributed by atoms with van der Waals surface area (Å²) in [6.07, 6.45) is 7.92. The maximum atomic E-state index is 11.6. The molecule has 0 atom stereocenters. The molecular formula is C13H12N2O3. The Bertz CT molecular complexity index is 565. The molecule has 0 spiro atoms. The number of rotatable bonds is 4. The molecule has 0 unspecified atom stereocenters. The summed E-state index contributed by atoms with van der Waals surface area (Å²) in [5.74, 6) is 0.983. The largest absolute Gasteiger partial charge is 0.469 e. The Balaban J connectivity index is 1.85. The van der Waals surface area contributed by atoms with Gasteiger partial charge in [0.25, 0.3) is 5.91 Å². The average Bonchev–Trinajstić information content (AvgIpc) is 2.99. The average molecular weight is 244 g/mol. The molecule has 0 aliphatic carbocycles. The van der Waals surface area contributed by atoms with Crippen molar-refractivity contribution in [1.29, 1.82) is 0 Å². The van der Waals surface area contributed by atoms with E-state index >= 15 is 0 Å². The van der Waals surface area contributed by atoms with E-state index in [2.05, 4.69) is 10.5 Å². The van der Waals surface area contributed by atoms with Gasteiger partial charge in [-0.25, -0.2) is 5.43 Å². The highest BCUT2D eigenvalue weighted by Gasteiger charge is 2.09. The fourth-order valence-electron chi connectivity index (χ4n) is 1.34. The summed E-state index contributed by atoms with van der Waals surface area (Å²) >= 11 is 0. The number of carbonyl (C=O) groups is 1. The van der Waals surface area contributed by atoms with Crippen LogP contribution in [-0.2, 0) is 0 Å². The summed E-state index contributed by atoms with van der Waals surface area (Å²) in [4.78, 5) is 11.6. The molecule has 1 N–H and O–H groups in total. The number of nitrogens with zero attached hydrogens (tertiary/aromatic N) is 1. The first-order chi connectivity index (χ1) is 8.77. The number of hydrogen-bond acceptors (Lipinski definition) is 4. The Morgan fingerprint density at radius 1 is 1.33 bits per heavy atom. The fraction of sp³-hybridized carbons (Fsp3) is 0.0769. The predicted octanol–water partition coefficient (Wildman–Crippen LogP) is 2.61. The number of nitrogens with one attached hydrogen (secondary N) is 1. The van der Waals surface area contributed by atoms with Crippen molar-refractivity contribution in [3.63, 3.8) is 0 Å². The van der Waals surface area contributed by atoms with Gasteiger partial charge in [-0.15, -0.1) is 0 Å². The SMILES string of the molecule is Cc1occc1C(=O)N/N=C/C=C\c1ccco1. The van der Waals surface area contributed by atoms with Crippen LogP contribution < -0.4 is 5.43 Å². The molecule has 1 amide bonds. The molecule has 92 valence electrons. The van der Waals surface area contributed by atoms with E-state index in [9.17, 15) is 4.79 Å². The number of aryl methyl sites for hydroxylation is 1. The molecule has 0 radical (unpaired) electrons. The molecule has 0 aromatic carbocycles. The van der Waals surface area contributed by atoms with Crippen molar-refractivity contribution in [3.8, 4) is 0 Å². The molecule has 18 heavy (non-hydrogen) atoms. The molecule has 2 aromatic rings. The molecule has 0 aliphatic heterocycles. The van der Waals surface area contributed by atoms with E-state index in [-0.39, 0.29) is 5.91 Å². The molecule has 0 bridgehead atoms. The van der Waals surface area contributed by atoms with Crippen LogP contribution in [-0.4, -0.2) is 12.1 Å². The lowest BCUT2D eigenvalue weighted by Gasteiger charge is -1.95. The summed E-state index contributed by atoms with van der Waals surface area (Å²) in [7, 11) is 0. The zero-order valence-electron chi connectivity index (χ0n) is 9.79. The van der Waals surface area contributed by atoms with Crippen molar-refractivity contribution in [2.45, 2.75) is 6.92 Å². The van der Waals surface area contributed by atoms with E-state index in [1.165, 1.54) is 12.5 Å². The van der Waals surface area contributed by atoms with Crippen LogP contribution in [0.25, 0.3) is 6.08 Å². The Labute approximate surface area is 104 Å². The van der Waals surface area contributed by atoms with Gasteiger partial charge in [-0.2, -0.15) is 5.10 Å². The van der Waals surface area contributed by atoms with Gasteiger partial charge < -0.3 is 8.83 Å². The van der Waals surface area contributed by atoms with E-state index in [0.29, 0.717) is 11.3 Å². The molecule has 2 heterocycles. The Morgan fingerprint density at radius 2 is 2.22 bits per heavy atom. The minimum Gasteiger partial charge on any atom is -0.469 e. The van der Waals surface area contributed by atoms with E-state index in [0.717, 1.165) is 5.76 Å². The van der Waals surface area contributed by atoms with Crippen LogP contribution in [0.15, 0.2) is 50.7 Å². The van der Waals surface area contributed by atoms with Gasteiger partial charge in [-0.05, 0) is 37.3 Å². The van der Waals surface area contributed by atoms with E-state index in [1.54, 1.807) is 37.5 Å². The standard InChI is InChI=1S/C13H12N2O3/c1-10-12(6-9-17-10)13(16)15-14-7-2-4-11-5-3-8-18-11/h2-9H,1H3,(H,15,16)/b4-2-,14-7+. The fourth-order valence-corrected chi connectivity index (χ4v) is 1.34. The van der Waals surface area contributed by atoms with Crippen molar-refractivity contribution in [2.75, 3.05) is 0 Å². The van der Waals surface area contributed by atoms with Crippen LogP contribution in [0.3, 0.4) is 0 Å². The molecule has 5 nitrogen and oxygen atoms in total. The van der Waals surface area contributed by atoms with Crippen LogP contribution in [0.5, 0.6) is 0 Å². The second kappa shape index (κ2) is 5.67. The van der Waals surface area contributed by atoms with Crippen LogP contribution in [0.1, 0.15) is 21.9 Å². The van der Waals surface area contributed by atoms with Crippen molar-refractivity contribution < 1.29 is 13.6 Å². The number of carbonyl (C=O) groups excluding carboxylic acids is 1. The molecule has 0 saturated heterocycles. The molecule has 0 saturated carbocycles. The predicted molar refractivity (Wildman–Crippen MR) is 67.1 cm³/mol. The van der Waals surface area contributed by atoms with Gasteiger partial charge in [-0.1, -0.05) is 0 Å². The second-order valence-corrected chi connectivity index (χ2v) is 3.48. The van der Waals surface area contributed by atoms with Gasteiger partial charge in [-0.3, -0.25) is 4.79 Å². The van der Waals surface area contributed by atoms with Gasteiger partial charge in [0, 0.05) is 6.21 Å². The minimum atomic E-state index is -0.302. The summed E-state index contributed by atoms with van der Waals surface area (Å²) < 4.78 is 10.1. The highest BCUT2D eigenvalue weighted by atomic mass is 16.3. The van der Waals surface area contributed by atoms with Gasteiger partial charge in [0.1, 0.15) is 11.5 Å². The van der Waals surface area contributed by atoms with Crippen molar-refractivity contribution in [3.05, 3.63) is 53.9 Å². The van der Waals surface area contributed by atoms with Crippen LogP contribution in [0.2, 0.25) is 0 Å². The molecule has 0 fully saturated rings. The summed E-state index contributed by atoms with van der Waals surface area (Å²) in [5.41, 5.74) is 2.87. The number of allylic oxidation sites excluding steroid dienone is 1. The third-order valence-electron chi connectivity index (χ3n) is 2.23. The van der Waals surface area contributed by atoms with Crippen LogP contribution >= 0.6 is 0 Å². The first-order valence-electron chi connectivity index (χ1n) is 5.35. The number of amides is 1. The van der Waals surface area contributed by atoms with Gasteiger partial charge in [0.05, 0.1) is 18.1 Å². The third kappa shape index (κ3) is 2.98. The van der Waals surface area contributed by atoms with Crippen LogP contribution in [0, 0.1) is 6.92 Å². The topological polar surface area (TPSA) is 67.7 Å². The highest BCUT2D eigenvalue weighted by Crippen LogP contribution is 2.07. The highest BCUT2D eigenvalue weighted by molar-refractivity contribution is 5.95. The first-order valence-corrected chi connectivity index (χ1v) is 5.35. The van der Waals surface area contributed by atoms with Crippen molar-refractivity contribution in [1.82, 2.24) is 5.43 Å². The summed E-state index contributed by atoms with van der Waals surface area (Å²) in [6.45, 7) is 1.72. The summed E-state index contributed by atoms with van der Waals surface area (Å²) in [5, 5.41) is 3.77.